The monoisotopic (exact) mass is 396 g/mol. The number of aromatic nitrogens is 2. The summed E-state index contributed by atoms with van der Waals surface area (Å²) in [5.74, 6) is 0. The van der Waals surface area contributed by atoms with E-state index in [9.17, 15) is 0 Å². The fraction of sp³-hybridized carbons (Fsp3) is 0.333. The summed E-state index contributed by atoms with van der Waals surface area (Å²) in [7, 11) is 0. The van der Waals surface area contributed by atoms with Gasteiger partial charge in [-0.15, -0.1) is 22.7 Å². The van der Waals surface area contributed by atoms with Gasteiger partial charge in [-0.3, -0.25) is 0 Å². The molecule has 0 bridgehead atoms. The predicted molar refractivity (Wildman–Crippen MR) is 118 cm³/mol. The number of benzene rings is 1. The molecule has 2 N–H and O–H groups in total. The lowest BCUT2D eigenvalue weighted by atomic mass is 10.1. The lowest BCUT2D eigenvalue weighted by molar-refractivity contribution is 0.550. The molecule has 3 aromatic heterocycles. The molecule has 140 valence electrons. The third-order valence-electron chi connectivity index (χ3n) is 4.78. The van der Waals surface area contributed by atoms with Crippen LogP contribution in [0.1, 0.15) is 32.6 Å². The SMILES string of the molecule is CC1CCCCCN1.c1cc(Nc2ccc3scnc3c2)c2ccsc2n1. The number of pyridine rings is 1. The highest BCUT2D eigenvalue weighted by atomic mass is 32.1. The third kappa shape index (κ3) is 4.64. The molecule has 27 heavy (non-hydrogen) atoms. The van der Waals surface area contributed by atoms with Crippen molar-refractivity contribution in [2.75, 3.05) is 11.9 Å². The molecule has 0 aliphatic carbocycles. The molecule has 5 rings (SSSR count). The van der Waals surface area contributed by atoms with Crippen molar-refractivity contribution in [1.29, 1.82) is 0 Å². The second-order valence-electron chi connectivity index (χ2n) is 6.86. The van der Waals surface area contributed by atoms with Gasteiger partial charge in [-0.2, -0.15) is 0 Å². The summed E-state index contributed by atoms with van der Waals surface area (Å²) in [6.45, 7) is 3.51. The first-order chi connectivity index (χ1) is 13.3. The Hall–Kier alpha value is -2.02. The summed E-state index contributed by atoms with van der Waals surface area (Å²) in [4.78, 5) is 9.75. The second kappa shape index (κ2) is 8.78. The van der Waals surface area contributed by atoms with E-state index in [2.05, 4.69) is 57.2 Å². The maximum atomic E-state index is 4.35. The molecule has 1 saturated heterocycles. The van der Waals surface area contributed by atoms with E-state index >= 15 is 0 Å². The normalized spacial score (nSPS) is 17.3. The molecular formula is C21H24N4S2. The predicted octanol–water partition coefficient (Wildman–Crippen LogP) is 6.19. The van der Waals surface area contributed by atoms with E-state index in [1.165, 1.54) is 36.9 Å². The van der Waals surface area contributed by atoms with Gasteiger partial charge in [0.05, 0.1) is 21.4 Å². The molecule has 4 heterocycles. The van der Waals surface area contributed by atoms with Crippen molar-refractivity contribution in [3.63, 3.8) is 0 Å². The van der Waals surface area contributed by atoms with Crippen molar-refractivity contribution in [1.82, 2.24) is 15.3 Å². The summed E-state index contributed by atoms with van der Waals surface area (Å²) >= 11 is 3.31. The number of fused-ring (bicyclic) bond motifs is 2. The molecule has 0 saturated carbocycles. The molecule has 1 aromatic carbocycles. The van der Waals surface area contributed by atoms with Crippen LogP contribution in [0.4, 0.5) is 11.4 Å². The van der Waals surface area contributed by atoms with Crippen molar-refractivity contribution in [2.45, 2.75) is 38.6 Å². The van der Waals surface area contributed by atoms with Crippen molar-refractivity contribution >= 4 is 54.5 Å². The summed E-state index contributed by atoms with van der Waals surface area (Å²) < 4.78 is 1.21. The molecule has 0 radical (unpaired) electrons. The number of rotatable bonds is 2. The topological polar surface area (TPSA) is 49.8 Å². The van der Waals surface area contributed by atoms with Gasteiger partial charge in [-0.25, -0.2) is 9.97 Å². The lowest BCUT2D eigenvalue weighted by Gasteiger charge is -2.07. The van der Waals surface area contributed by atoms with Gasteiger partial charge in [0.25, 0.3) is 0 Å². The van der Waals surface area contributed by atoms with Crippen LogP contribution >= 0.6 is 22.7 Å². The summed E-state index contributed by atoms with van der Waals surface area (Å²) in [6, 6.07) is 11.1. The molecule has 1 fully saturated rings. The van der Waals surface area contributed by atoms with Gasteiger partial charge in [-0.1, -0.05) is 12.8 Å². The van der Waals surface area contributed by atoms with E-state index in [1.807, 2.05) is 17.8 Å². The van der Waals surface area contributed by atoms with Crippen molar-refractivity contribution < 1.29 is 0 Å². The van der Waals surface area contributed by atoms with E-state index < -0.39 is 0 Å². The molecule has 6 heteroatoms. The fourth-order valence-corrected chi connectivity index (χ4v) is 4.70. The molecule has 4 nitrogen and oxygen atoms in total. The first-order valence-electron chi connectivity index (χ1n) is 9.45. The Balaban J connectivity index is 0.000000190. The maximum absolute atomic E-state index is 4.35. The average Bonchev–Trinajstić information content (AvgIpc) is 3.28. The van der Waals surface area contributed by atoms with Crippen LogP contribution in [0.25, 0.3) is 20.4 Å². The third-order valence-corrected chi connectivity index (χ3v) is 6.41. The van der Waals surface area contributed by atoms with Gasteiger partial charge in [0.2, 0.25) is 0 Å². The van der Waals surface area contributed by atoms with Crippen molar-refractivity contribution in [2.24, 2.45) is 0 Å². The van der Waals surface area contributed by atoms with Gasteiger partial charge in [0.1, 0.15) is 4.83 Å². The largest absolute Gasteiger partial charge is 0.355 e. The fourth-order valence-electron chi connectivity index (χ4n) is 3.28. The number of hydrogen-bond acceptors (Lipinski definition) is 6. The average molecular weight is 397 g/mol. The van der Waals surface area contributed by atoms with Gasteiger partial charge < -0.3 is 10.6 Å². The number of hydrogen-bond donors (Lipinski definition) is 2. The lowest BCUT2D eigenvalue weighted by Crippen LogP contribution is -2.24. The highest BCUT2D eigenvalue weighted by Gasteiger charge is 2.05. The zero-order chi connectivity index (χ0) is 18.5. The van der Waals surface area contributed by atoms with Gasteiger partial charge in [0.15, 0.2) is 0 Å². The first kappa shape index (κ1) is 18.3. The number of thiophene rings is 1. The highest BCUT2D eigenvalue weighted by molar-refractivity contribution is 7.17. The Bertz CT molecular complexity index is 999. The van der Waals surface area contributed by atoms with Crippen molar-refractivity contribution in [3.05, 3.63) is 47.4 Å². The summed E-state index contributed by atoms with van der Waals surface area (Å²) in [5.41, 5.74) is 5.04. The molecule has 4 aromatic rings. The number of nitrogens with zero attached hydrogens (tertiary/aromatic N) is 2. The summed E-state index contributed by atoms with van der Waals surface area (Å²) in [5, 5.41) is 10.1. The van der Waals surface area contributed by atoms with E-state index in [-0.39, 0.29) is 0 Å². The quantitative estimate of drug-likeness (QED) is 0.424. The van der Waals surface area contributed by atoms with Crippen LogP contribution < -0.4 is 10.6 Å². The van der Waals surface area contributed by atoms with Crippen LogP contribution in [0.3, 0.4) is 0 Å². The smallest absolute Gasteiger partial charge is 0.125 e. The highest BCUT2D eigenvalue weighted by Crippen LogP contribution is 2.29. The Morgan fingerprint density at radius 1 is 1.07 bits per heavy atom. The van der Waals surface area contributed by atoms with E-state index in [0.717, 1.165) is 33.1 Å². The van der Waals surface area contributed by atoms with E-state index in [1.54, 1.807) is 22.7 Å². The Morgan fingerprint density at radius 2 is 2.04 bits per heavy atom. The first-order valence-corrected chi connectivity index (χ1v) is 11.2. The molecule has 1 aliphatic heterocycles. The number of thiazole rings is 1. The van der Waals surface area contributed by atoms with Crippen LogP contribution in [0.15, 0.2) is 47.4 Å². The molecule has 1 atom stereocenters. The van der Waals surface area contributed by atoms with Crippen LogP contribution in [-0.2, 0) is 0 Å². The Kier molecular flexibility index (Phi) is 5.97. The molecule has 1 aliphatic rings. The zero-order valence-electron chi connectivity index (χ0n) is 15.4. The minimum Gasteiger partial charge on any atom is -0.355 e. The van der Waals surface area contributed by atoms with Gasteiger partial charge in [-0.05, 0) is 62.0 Å². The van der Waals surface area contributed by atoms with Crippen LogP contribution in [0.2, 0.25) is 0 Å². The van der Waals surface area contributed by atoms with Crippen LogP contribution in [0, 0.1) is 0 Å². The molecular weight excluding hydrogens is 372 g/mol. The Morgan fingerprint density at radius 3 is 3.00 bits per heavy atom. The summed E-state index contributed by atoms with van der Waals surface area (Å²) in [6.07, 6.45) is 7.44. The minimum atomic E-state index is 0.775. The van der Waals surface area contributed by atoms with Crippen LogP contribution in [0.5, 0.6) is 0 Å². The van der Waals surface area contributed by atoms with Gasteiger partial charge in [0, 0.05) is 23.3 Å². The van der Waals surface area contributed by atoms with Gasteiger partial charge >= 0.3 is 0 Å². The maximum Gasteiger partial charge on any atom is 0.125 e. The van der Waals surface area contributed by atoms with E-state index in [4.69, 9.17) is 0 Å². The van der Waals surface area contributed by atoms with E-state index in [0.29, 0.717) is 0 Å². The zero-order valence-corrected chi connectivity index (χ0v) is 17.1. The Labute approximate surface area is 167 Å². The van der Waals surface area contributed by atoms with Crippen LogP contribution in [-0.4, -0.2) is 22.6 Å². The molecule has 0 spiro atoms. The molecule has 1 unspecified atom stereocenters. The second-order valence-corrected chi connectivity index (χ2v) is 8.64. The van der Waals surface area contributed by atoms with Crippen molar-refractivity contribution in [3.8, 4) is 0 Å². The number of anilines is 2. The molecule has 0 amide bonds. The minimum absolute atomic E-state index is 0.775. The standard InChI is InChI=1S/C14H9N3S2.C7H15N/c1-2-13-12(16-8-19-13)7-9(1)17-11-3-5-15-14-10(11)4-6-18-14;1-7-5-3-2-4-6-8-7/h1-8H,(H,15,17);7-8H,2-6H2,1H3. The number of nitrogens with one attached hydrogen (secondary N) is 2.